The van der Waals surface area contributed by atoms with E-state index in [2.05, 4.69) is 31.4 Å². The van der Waals surface area contributed by atoms with Crippen molar-refractivity contribution in [3.05, 3.63) is 59.1 Å². The number of ether oxygens (including phenoxy) is 1. The van der Waals surface area contributed by atoms with Crippen LogP contribution in [0, 0.1) is 5.92 Å². The number of nitrogens with zero attached hydrogens (tertiary/aromatic N) is 4. The van der Waals surface area contributed by atoms with Crippen LogP contribution in [-0.4, -0.2) is 25.5 Å². The molecule has 1 aliphatic carbocycles. The molecule has 1 N–H and O–H groups in total. The summed E-state index contributed by atoms with van der Waals surface area (Å²) in [6, 6.07) is 9.19. The van der Waals surface area contributed by atoms with Gasteiger partial charge in [-0.2, -0.15) is 10.2 Å². The van der Waals surface area contributed by atoms with Crippen molar-refractivity contribution >= 4 is 27.5 Å². The van der Waals surface area contributed by atoms with Crippen LogP contribution < -0.4 is 10.1 Å². The Labute approximate surface area is 159 Å². The van der Waals surface area contributed by atoms with Crippen molar-refractivity contribution in [1.82, 2.24) is 19.6 Å². The Morgan fingerprint density at radius 3 is 2.81 bits per heavy atom. The lowest BCUT2D eigenvalue weighted by atomic mass is 10.3. The summed E-state index contributed by atoms with van der Waals surface area (Å²) in [5.41, 5.74) is 1.01. The molecule has 1 saturated carbocycles. The third-order valence-corrected chi connectivity index (χ3v) is 4.61. The molecule has 1 aromatic carbocycles. The van der Waals surface area contributed by atoms with Gasteiger partial charge >= 0.3 is 0 Å². The minimum Gasteiger partial charge on any atom is -0.471 e. The van der Waals surface area contributed by atoms with Crippen LogP contribution in [0.5, 0.6) is 5.75 Å². The molecule has 7 nitrogen and oxygen atoms in total. The summed E-state index contributed by atoms with van der Waals surface area (Å²) in [4.78, 5) is 12.3. The molecule has 1 fully saturated rings. The van der Waals surface area contributed by atoms with E-state index in [9.17, 15) is 4.79 Å². The van der Waals surface area contributed by atoms with Crippen molar-refractivity contribution < 1.29 is 9.53 Å². The highest BCUT2D eigenvalue weighted by Gasteiger charge is 2.22. The van der Waals surface area contributed by atoms with E-state index in [1.54, 1.807) is 23.1 Å². The maximum atomic E-state index is 12.3. The van der Waals surface area contributed by atoms with Gasteiger partial charge in [0.05, 0.1) is 11.9 Å². The fraction of sp³-hybridized carbons (Fsp3) is 0.278. The molecule has 0 saturated heterocycles. The maximum Gasteiger partial charge on any atom is 0.276 e. The molecule has 2 aromatic heterocycles. The molecule has 3 aromatic rings. The summed E-state index contributed by atoms with van der Waals surface area (Å²) in [7, 11) is 0. The summed E-state index contributed by atoms with van der Waals surface area (Å²) >= 11 is 3.38. The van der Waals surface area contributed by atoms with Gasteiger partial charge in [0.2, 0.25) is 0 Å². The van der Waals surface area contributed by atoms with E-state index in [1.165, 1.54) is 12.8 Å². The van der Waals surface area contributed by atoms with E-state index in [0.29, 0.717) is 11.4 Å². The number of carbonyl (C=O) groups is 1. The van der Waals surface area contributed by atoms with Gasteiger partial charge in [0.1, 0.15) is 5.75 Å². The summed E-state index contributed by atoms with van der Waals surface area (Å²) < 4.78 is 10.1. The van der Waals surface area contributed by atoms with Gasteiger partial charge in [-0.3, -0.25) is 9.48 Å². The van der Waals surface area contributed by atoms with Gasteiger partial charge in [0.25, 0.3) is 5.91 Å². The standard InChI is InChI=1S/C18H18BrN5O2/c19-14-3-5-16(6-4-14)26-12-23-8-7-17(22-23)18(25)21-15-9-20-24(11-15)10-13-1-2-13/h3-9,11,13H,1-2,10,12H2,(H,21,25). The maximum absolute atomic E-state index is 12.3. The van der Waals surface area contributed by atoms with Gasteiger partial charge in [-0.1, -0.05) is 15.9 Å². The minimum absolute atomic E-state index is 0.230. The van der Waals surface area contributed by atoms with Gasteiger partial charge in [-0.15, -0.1) is 0 Å². The lowest BCUT2D eigenvalue weighted by Crippen LogP contribution is -2.14. The molecule has 134 valence electrons. The average Bonchev–Trinajstić information content (AvgIpc) is 3.14. The Bertz CT molecular complexity index is 898. The second-order valence-electron chi connectivity index (χ2n) is 6.32. The molecule has 0 bridgehead atoms. The highest BCUT2D eigenvalue weighted by Crippen LogP contribution is 2.30. The number of benzene rings is 1. The Balaban J connectivity index is 1.32. The number of rotatable bonds is 7. The van der Waals surface area contributed by atoms with Crippen LogP contribution in [0.25, 0.3) is 0 Å². The summed E-state index contributed by atoms with van der Waals surface area (Å²) in [5.74, 6) is 1.20. The molecule has 0 unspecified atom stereocenters. The number of hydrogen-bond acceptors (Lipinski definition) is 4. The van der Waals surface area contributed by atoms with Gasteiger partial charge < -0.3 is 10.1 Å². The first-order valence-electron chi connectivity index (χ1n) is 8.41. The average molecular weight is 416 g/mol. The van der Waals surface area contributed by atoms with Crippen molar-refractivity contribution in [3.63, 3.8) is 0 Å². The lowest BCUT2D eigenvalue weighted by molar-refractivity contribution is 0.102. The van der Waals surface area contributed by atoms with Crippen LogP contribution >= 0.6 is 15.9 Å². The summed E-state index contributed by atoms with van der Waals surface area (Å²) in [6.45, 7) is 1.14. The van der Waals surface area contributed by atoms with Gasteiger partial charge in [-0.05, 0) is 49.1 Å². The zero-order valence-corrected chi connectivity index (χ0v) is 15.6. The number of carbonyl (C=O) groups excluding carboxylic acids is 1. The van der Waals surface area contributed by atoms with Crippen molar-refractivity contribution in [3.8, 4) is 5.75 Å². The van der Waals surface area contributed by atoms with Crippen molar-refractivity contribution in [2.24, 2.45) is 5.92 Å². The first-order chi connectivity index (χ1) is 12.7. The van der Waals surface area contributed by atoms with Gasteiger partial charge in [-0.25, -0.2) is 4.68 Å². The van der Waals surface area contributed by atoms with Crippen LogP contribution in [0.15, 0.2) is 53.4 Å². The molecule has 8 heteroatoms. The highest BCUT2D eigenvalue weighted by atomic mass is 79.9. The molecular weight excluding hydrogens is 398 g/mol. The quantitative estimate of drug-likeness (QED) is 0.640. The van der Waals surface area contributed by atoms with Crippen molar-refractivity contribution in [1.29, 1.82) is 0 Å². The Morgan fingerprint density at radius 1 is 1.23 bits per heavy atom. The van der Waals surface area contributed by atoms with Crippen LogP contribution in [0.2, 0.25) is 0 Å². The minimum atomic E-state index is -0.265. The number of anilines is 1. The molecule has 0 atom stereocenters. The molecule has 1 amide bonds. The van der Waals surface area contributed by atoms with E-state index in [0.717, 1.165) is 22.7 Å². The van der Waals surface area contributed by atoms with E-state index < -0.39 is 0 Å². The molecule has 2 heterocycles. The molecular formula is C18H18BrN5O2. The predicted molar refractivity (Wildman–Crippen MR) is 99.9 cm³/mol. The SMILES string of the molecule is O=C(Nc1cnn(CC2CC2)c1)c1ccn(COc2ccc(Br)cc2)n1. The monoisotopic (exact) mass is 415 g/mol. The molecule has 0 aliphatic heterocycles. The second-order valence-corrected chi connectivity index (χ2v) is 7.23. The highest BCUT2D eigenvalue weighted by molar-refractivity contribution is 9.10. The number of nitrogens with one attached hydrogen (secondary N) is 1. The van der Waals surface area contributed by atoms with Crippen LogP contribution in [0.1, 0.15) is 23.3 Å². The molecule has 0 spiro atoms. The topological polar surface area (TPSA) is 74.0 Å². The predicted octanol–water partition coefficient (Wildman–Crippen LogP) is 3.54. The van der Waals surface area contributed by atoms with E-state index in [1.807, 2.05) is 35.1 Å². The van der Waals surface area contributed by atoms with E-state index >= 15 is 0 Å². The lowest BCUT2D eigenvalue weighted by Gasteiger charge is -2.06. The first kappa shape index (κ1) is 16.8. The Kier molecular flexibility index (Phi) is 4.75. The molecule has 26 heavy (non-hydrogen) atoms. The third-order valence-electron chi connectivity index (χ3n) is 4.08. The third kappa shape index (κ3) is 4.32. The second kappa shape index (κ2) is 7.33. The fourth-order valence-electron chi connectivity index (χ4n) is 2.51. The number of aromatic nitrogens is 4. The van der Waals surface area contributed by atoms with Crippen LogP contribution in [-0.2, 0) is 13.3 Å². The molecule has 4 rings (SSSR count). The number of halogens is 1. The molecule has 1 aliphatic rings. The van der Waals surface area contributed by atoms with Crippen molar-refractivity contribution in [2.75, 3.05) is 5.32 Å². The Morgan fingerprint density at radius 2 is 2.04 bits per heavy atom. The first-order valence-corrected chi connectivity index (χ1v) is 9.21. The van der Waals surface area contributed by atoms with E-state index in [-0.39, 0.29) is 12.6 Å². The normalized spacial score (nSPS) is 13.6. The Hall–Kier alpha value is -2.61. The van der Waals surface area contributed by atoms with E-state index in [4.69, 9.17) is 4.74 Å². The van der Waals surface area contributed by atoms with Crippen LogP contribution in [0.4, 0.5) is 5.69 Å². The molecule has 0 radical (unpaired) electrons. The van der Waals surface area contributed by atoms with Crippen LogP contribution in [0.3, 0.4) is 0 Å². The fourth-order valence-corrected chi connectivity index (χ4v) is 2.78. The van der Waals surface area contributed by atoms with Gasteiger partial charge in [0, 0.05) is 23.4 Å². The summed E-state index contributed by atoms with van der Waals surface area (Å²) in [6.07, 6.45) is 7.75. The smallest absolute Gasteiger partial charge is 0.276 e. The zero-order chi connectivity index (χ0) is 17.9. The largest absolute Gasteiger partial charge is 0.471 e. The van der Waals surface area contributed by atoms with Crippen molar-refractivity contribution in [2.45, 2.75) is 26.1 Å². The zero-order valence-electron chi connectivity index (χ0n) is 14.0. The number of hydrogen-bond donors (Lipinski definition) is 1. The summed E-state index contributed by atoms with van der Waals surface area (Å²) in [5, 5.41) is 11.3. The number of amides is 1. The van der Waals surface area contributed by atoms with Gasteiger partial charge in [0.15, 0.2) is 12.4 Å².